The van der Waals surface area contributed by atoms with E-state index in [9.17, 15) is 9.59 Å². The largest absolute Gasteiger partial charge is 0.339 e. The quantitative estimate of drug-likeness (QED) is 0.437. The van der Waals surface area contributed by atoms with Crippen molar-refractivity contribution in [2.24, 2.45) is 0 Å². The summed E-state index contributed by atoms with van der Waals surface area (Å²) >= 11 is 0. The first kappa shape index (κ1) is 22.7. The molecule has 0 radical (unpaired) electrons. The Morgan fingerprint density at radius 3 is 1.97 bits per heavy atom. The summed E-state index contributed by atoms with van der Waals surface area (Å²) in [5.41, 5.74) is 3.67. The zero-order valence-corrected chi connectivity index (χ0v) is 19.4. The van der Waals surface area contributed by atoms with Crippen molar-refractivity contribution >= 4 is 5.91 Å². The van der Waals surface area contributed by atoms with Crippen LogP contribution in [0.2, 0.25) is 0 Å². The highest BCUT2D eigenvalue weighted by Gasteiger charge is 2.28. The second-order valence-corrected chi connectivity index (χ2v) is 8.59. The molecule has 1 saturated heterocycles. The highest BCUT2D eigenvalue weighted by Crippen LogP contribution is 2.29. The lowest BCUT2D eigenvalue weighted by Crippen LogP contribution is -2.51. The SMILES string of the molecule is O=C(Cn1nc(-c2ccncc2)ccc1=O)N1CCN(C(c2ccccc2)c2ccccc2)CC1. The minimum absolute atomic E-state index is 0.0709. The van der Waals surface area contributed by atoms with Gasteiger partial charge in [0.05, 0.1) is 11.7 Å². The van der Waals surface area contributed by atoms with Crippen molar-refractivity contribution in [3.63, 3.8) is 0 Å². The second kappa shape index (κ2) is 10.4. The molecular formula is C28H27N5O2. The lowest BCUT2D eigenvalue weighted by atomic mass is 9.96. The Bertz CT molecular complexity index is 1280. The molecule has 35 heavy (non-hydrogen) atoms. The highest BCUT2D eigenvalue weighted by molar-refractivity contribution is 5.76. The van der Waals surface area contributed by atoms with Gasteiger partial charge < -0.3 is 4.90 Å². The third-order valence-electron chi connectivity index (χ3n) is 6.39. The second-order valence-electron chi connectivity index (χ2n) is 8.59. The molecule has 0 N–H and O–H groups in total. The molecule has 1 aliphatic heterocycles. The van der Waals surface area contributed by atoms with Crippen LogP contribution in [0.5, 0.6) is 0 Å². The van der Waals surface area contributed by atoms with Crippen molar-refractivity contribution in [3.8, 4) is 11.3 Å². The number of rotatable bonds is 6. The predicted octanol–water partition coefficient (Wildman–Crippen LogP) is 3.24. The molecule has 0 bridgehead atoms. The standard InChI is InChI=1S/C28H27N5O2/c34-26-12-11-25(22-13-15-29-16-14-22)30-33(26)21-27(35)31-17-19-32(20-18-31)28(23-7-3-1-4-8-23)24-9-5-2-6-10-24/h1-16,28H,17-21H2. The average Bonchev–Trinajstić information content (AvgIpc) is 2.92. The first-order valence-corrected chi connectivity index (χ1v) is 11.8. The minimum atomic E-state index is -0.289. The van der Waals surface area contributed by atoms with Crippen LogP contribution in [0.15, 0.2) is 102 Å². The summed E-state index contributed by atoms with van der Waals surface area (Å²) in [6.07, 6.45) is 3.35. The molecule has 0 spiro atoms. The van der Waals surface area contributed by atoms with Gasteiger partial charge in [-0.05, 0) is 29.3 Å². The summed E-state index contributed by atoms with van der Waals surface area (Å²) < 4.78 is 1.25. The molecule has 0 atom stereocenters. The Balaban J connectivity index is 1.28. The zero-order chi connectivity index (χ0) is 24.0. The summed E-state index contributed by atoms with van der Waals surface area (Å²) in [5, 5.41) is 4.42. The maximum Gasteiger partial charge on any atom is 0.267 e. The Morgan fingerprint density at radius 2 is 1.37 bits per heavy atom. The van der Waals surface area contributed by atoms with E-state index in [1.807, 2.05) is 29.2 Å². The normalized spacial score (nSPS) is 14.3. The fourth-order valence-electron chi connectivity index (χ4n) is 4.58. The lowest BCUT2D eigenvalue weighted by molar-refractivity contribution is -0.134. The van der Waals surface area contributed by atoms with Crippen LogP contribution in [0.4, 0.5) is 0 Å². The van der Waals surface area contributed by atoms with Crippen LogP contribution in [-0.4, -0.2) is 56.7 Å². The molecule has 5 rings (SSSR count). The van der Waals surface area contributed by atoms with E-state index in [1.54, 1.807) is 18.5 Å². The maximum absolute atomic E-state index is 13.1. The lowest BCUT2D eigenvalue weighted by Gasteiger charge is -2.39. The van der Waals surface area contributed by atoms with Crippen molar-refractivity contribution in [1.29, 1.82) is 0 Å². The van der Waals surface area contributed by atoms with Crippen LogP contribution in [0.3, 0.4) is 0 Å². The predicted molar refractivity (Wildman–Crippen MR) is 135 cm³/mol. The van der Waals surface area contributed by atoms with Gasteiger partial charge in [0, 0.05) is 50.2 Å². The molecule has 1 amide bonds. The number of amides is 1. The van der Waals surface area contributed by atoms with Gasteiger partial charge in [-0.25, -0.2) is 4.68 Å². The number of nitrogens with zero attached hydrogens (tertiary/aromatic N) is 5. The third kappa shape index (κ3) is 5.20. The molecule has 1 fully saturated rings. The summed E-state index contributed by atoms with van der Waals surface area (Å²) in [5.74, 6) is -0.0953. The Hall–Kier alpha value is -4.10. The molecule has 0 unspecified atom stereocenters. The third-order valence-corrected chi connectivity index (χ3v) is 6.39. The number of benzene rings is 2. The van der Waals surface area contributed by atoms with Crippen LogP contribution < -0.4 is 5.56 Å². The van der Waals surface area contributed by atoms with E-state index in [0.29, 0.717) is 18.8 Å². The molecule has 0 saturated carbocycles. The Kier molecular flexibility index (Phi) is 6.77. The number of carbonyl (C=O) groups is 1. The number of pyridine rings is 1. The first-order chi connectivity index (χ1) is 17.2. The van der Waals surface area contributed by atoms with E-state index >= 15 is 0 Å². The first-order valence-electron chi connectivity index (χ1n) is 11.8. The van der Waals surface area contributed by atoms with Crippen LogP contribution in [0, 0.1) is 0 Å². The molecular weight excluding hydrogens is 438 g/mol. The van der Waals surface area contributed by atoms with Crippen molar-refractivity contribution in [2.45, 2.75) is 12.6 Å². The fourth-order valence-corrected chi connectivity index (χ4v) is 4.58. The number of piperazine rings is 1. The molecule has 176 valence electrons. The Morgan fingerprint density at radius 1 is 0.771 bits per heavy atom. The zero-order valence-electron chi connectivity index (χ0n) is 19.4. The van der Waals surface area contributed by atoms with Gasteiger partial charge in [-0.1, -0.05) is 60.7 Å². The van der Waals surface area contributed by atoms with Crippen LogP contribution in [0.1, 0.15) is 17.2 Å². The van der Waals surface area contributed by atoms with Gasteiger partial charge in [0.1, 0.15) is 6.54 Å². The van der Waals surface area contributed by atoms with Crippen molar-refractivity contribution in [1.82, 2.24) is 24.6 Å². The number of hydrogen-bond acceptors (Lipinski definition) is 5. The summed E-state index contributed by atoms with van der Waals surface area (Å²) in [6.45, 7) is 2.64. The van der Waals surface area contributed by atoms with Gasteiger partial charge in [-0.15, -0.1) is 0 Å². The topological polar surface area (TPSA) is 71.3 Å². The smallest absolute Gasteiger partial charge is 0.267 e. The van der Waals surface area contributed by atoms with Crippen LogP contribution in [-0.2, 0) is 11.3 Å². The molecule has 7 nitrogen and oxygen atoms in total. The van der Waals surface area contributed by atoms with Gasteiger partial charge in [-0.3, -0.25) is 19.5 Å². The van der Waals surface area contributed by atoms with Gasteiger partial charge >= 0.3 is 0 Å². The van der Waals surface area contributed by atoms with Crippen LogP contribution in [0.25, 0.3) is 11.3 Å². The summed E-state index contributed by atoms with van der Waals surface area (Å²) in [4.78, 5) is 33.7. The van der Waals surface area contributed by atoms with Gasteiger partial charge in [0.2, 0.25) is 5.91 Å². The fraction of sp³-hybridized carbons (Fsp3) is 0.214. The molecule has 7 heteroatoms. The average molecular weight is 466 g/mol. The van der Waals surface area contributed by atoms with E-state index in [-0.39, 0.29) is 24.1 Å². The number of carbonyl (C=O) groups excluding carboxylic acids is 1. The molecule has 4 aromatic rings. The van der Waals surface area contributed by atoms with Crippen molar-refractivity contribution in [3.05, 3.63) is 119 Å². The molecule has 2 aromatic heterocycles. The minimum Gasteiger partial charge on any atom is -0.339 e. The molecule has 3 heterocycles. The molecule has 0 aliphatic carbocycles. The van der Waals surface area contributed by atoms with Crippen molar-refractivity contribution < 1.29 is 4.79 Å². The number of aromatic nitrogens is 3. The summed E-state index contributed by atoms with van der Waals surface area (Å²) in [7, 11) is 0. The van der Waals surface area contributed by atoms with E-state index in [2.05, 4.69) is 63.5 Å². The maximum atomic E-state index is 13.1. The van der Waals surface area contributed by atoms with Gasteiger partial charge in [0.15, 0.2) is 0 Å². The highest BCUT2D eigenvalue weighted by atomic mass is 16.2. The van der Waals surface area contributed by atoms with Crippen molar-refractivity contribution in [2.75, 3.05) is 26.2 Å². The molecule has 2 aromatic carbocycles. The number of hydrogen-bond donors (Lipinski definition) is 0. The molecule has 1 aliphatic rings. The van der Waals surface area contributed by atoms with E-state index < -0.39 is 0 Å². The summed E-state index contributed by atoms with van der Waals surface area (Å²) in [6, 6.07) is 27.9. The van der Waals surface area contributed by atoms with E-state index in [1.165, 1.54) is 21.9 Å². The monoisotopic (exact) mass is 465 g/mol. The van der Waals surface area contributed by atoms with E-state index in [4.69, 9.17) is 0 Å². The van der Waals surface area contributed by atoms with Gasteiger partial charge in [0.25, 0.3) is 5.56 Å². The Labute approximate surface area is 204 Å². The van der Waals surface area contributed by atoms with Crippen LogP contribution >= 0.6 is 0 Å². The van der Waals surface area contributed by atoms with E-state index in [0.717, 1.165) is 18.7 Å². The van der Waals surface area contributed by atoms with Gasteiger partial charge in [-0.2, -0.15) is 5.10 Å².